The average molecular weight is 330 g/mol. The van der Waals surface area contributed by atoms with Gasteiger partial charge in [-0.25, -0.2) is 14.4 Å². The van der Waals surface area contributed by atoms with Crippen LogP contribution in [0.4, 0.5) is 4.39 Å². The molecule has 0 atom stereocenters. The van der Waals surface area contributed by atoms with E-state index >= 15 is 0 Å². The van der Waals surface area contributed by atoms with Crippen LogP contribution in [0.2, 0.25) is 0 Å². The number of nitrogens with zero attached hydrogens (tertiary/aromatic N) is 2. The number of hydrogen-bond donors (Lipinski definition) is 0. The topological polar surface area (TPSA) is 25.8 Å². The molecule has 0 spiro atoms. The van der Waals surface area contributed by atoms with Crippen molar-refractivity contribution in [2.24, 2.45) is 0 Å². The molecule has 2 aromatic rings. The third kappa shape index (κ3) is 2.70. The van der Waals surface area contributed by atoms with Gasteiger partial charge in [0.25, 0.3) is 0 Å². The molecular formula is C13H11BrClFN2. The molecule has 0 unspecified atom stereocenters. The molecule has 0 aliphatic carbocycles. The molecule has 2 nitrogen and oxygen atoms in total. The van der Waals surface area contributed by atoms with Crippen LogP contribution in [0.3, 0.4) is 0 Å². The molecule has 18 heavy (non-hydrogen) atoms. The Bertz CT molecular complexity index is 575. The molecule has 0 saturated carbocycles. The first-order chi connectivity index (χ1) is 8.65. The van der Waals surface area contributed by atoms with Crippen LogP contribution in [-0.4, -0.2) is 9.97 Å². The number of rotatable bonds is 3. The van der Waals surface area contributed by atoms with Crippen LogP contribution in [-0.2, 0) is 12.3 Å². The SMILES string of the molecule is CCc1nc(-c2ccc(F)c(Br)c2)ncc1CCl. The van der Waals surface area contributed by atoms with Crippen molar-refractivity contribution in [2.75, 3.05) is 0 Å². The smallest absolute Gasteiger partial charge is 0.159 e. The standard InChI is InChI=1S/C13H11BrClFN2/c1-2-12-9(6-15)7-17-13(18-12)8-3-4-11(16)10(14)5-8/h3-5,7H,2,6H2,1H3. The Morgan fingerprint density at radius 2 is 2.17 bits per heavy atom. The quantitative estimate of drug-likeness (QED) is 0.783. The van der Waals surface area contributed by atoms with Gasteiger partial charge in [0.2, 0.25) is 0 Å². The molecule has 0 amide bonds. The van der Waals surface area contributed by atoms with Crippen molar-refractivity contribution in [3.8, 4) is 11.4 Å². The second-order valence-electron chi connectivity index (χ2n) is 3.78. The molecule has 0 aliphatic heterocycles. The Balaban J connectivity index is 2.47. The van der Waals surface area contributed by atoms with Gasteiger partial charge in [-0.1, -0.05) is 6.92 Å². The first-order valence-electron chi connectivity index (χ1n) is 5.52. The van der Waals surface area contributed by atoms with Crippen molar-refractivity contribution in [2.45, 2.75) is 19.2 Å². The van der Waals surface area contributed by atoms with Crippen LogP contribution in [0.15, 0.2) is 28.9 Å². The Labute approximate surface area is 118 Å². The molecule has 0 fully saturated rings. The van der Waals surface area contributed by atoms with Crippen LogP contribution in [0, 0.1) is 5.82 Å². The predicted molar refractivity (Wildman–Crippen MR) is 74.1 cm³/mol. The second-order valence-corrected chi connectivity index (χ2v) is 4.90. The molecule has 0 radical (unpaired) electrons. The maximum Gasteiger partial charge on any atom is 0.159 e. The van der Waals surface area contributed by atoms with E-state index in [1.54, 1.807) is 18.3 Å². The molecule has 0 aliphatic rings. The fourth-order valence-electron chi connectivity index (χ4n) is 1.63. The zero-order chi connectivity index (χ0) is 13.1. The van der Waals surface area contributed by atoms with Crippen LogP contribution in [0.5, 0.6) is 0 Å². The Kier molecular flexibility index (Phi) is 4.30. The summed E-state index contributed by atoms with van der Waals surface area (Å²) in [7, 11) is 0. The van der Waals surface area contributed by atoms with Crippen LogP contribution in [0.25, 0.3) is 11.4 Å². The summed E-state index contributed by atoms with van der Waals surface area (Å²) < 4.78 is 13.6. The highest BCUT2D eigenvalue weighted by Gasteiger charge is 2.08. The summed E-state index contributed by atoms with van der Waals surface area (Å²) in [6, 6.07) is 4.73. The van der Waals surface area contributed by atoms with Gasteiger partial charge in [0, 0.05) is 23.0 Å². The van der Waals surface area contributed by atoms with Crippen molar-refractivity contribution in [3.63, 3.8) is 0 Å². The molecule has 2 rings (SSSR count). The van der Waals surface area contributed by atoms with Crippen LogP contribution >= 0.6 is 27.5 Å². The van der Waals surface area contributed by atoms with E-state index in [1.165, 1.54) is 6.07 Å². The van der Waals surface area contributed by atoms with Crippen molar-refractivity contribution < 1.29 is 4.39 Å². The van der Waals surface area contributed by atoms with Gasteiger partial charge in [-0.3, -0.25) is 0 Å². The lowest BCUT2D eigenvalue weighted by Crippen LogP contribution is -1.99. The van der Waals surface area contributed by atoms with Crippen molar-refractivity contribution in [3.05, 3.63) is 45.9 Å². The number of hydrogen-bond acceptors (Lipinski definition) is 2. The number of aromatic nitrogens is 2. The number of alkyl halides is 1. The molecule has 0 N–H and O–H groups in total. The molecule has 1 heterocycles. The Morgan fingerprint density at radius 1 is 1.39 bits per heavy atom. The monoisotopic (exact) mass is 328 g/mol. The van der Waals surface area contributed by atoms with E-state index in [0.29, 0.717) is 16.2 Å². The normalized spacial score (nSPS) is 10.7. The maximum atomic E-state index is 13.2. The minimum atomic E-state index is -0.299. The molecule has 5 heteroatoms. The second kappa shape index (κ2) is 5.76. The minimum absolute atomic E-state index is 0.299. The molecule has 0 saturated heterocycles. The van der Waals surface area contributed by atoms with Gasteiger partial charge in [0.05, 0.1) is 10.4 Å². The van der Waals surface area contributed by atoms with Gasteiger partial charge in [0.15, 0.2) is 5.82 Å². The Morgan fingerprint density at radius 3 is 2.78 bits per heavy atom. The summed E-state index contributed by atoms with van der Waals surface area (Å²) >= 11 is 8.97. The van der Waals surface area contributed by atoms with Crippen LogP contribution < -0.4 is 0 Å². The van der Waals surface area contributed by atoms with E-state index < -0.39 is 0 Å². The third-order valence-electron chi connectivity index (χ3n) is 2.61. The van der Waals surface area contributed by atoms with E-state index in [4.69, 9.17) is 11.6 Å². The lowest BCUT2D eigenvalue weighted by atomic mass is 10.1. The highest BCUT2D eigenvalue weighted by atomic mass is 79.9. The van der Waals surface area contributed by atoms with Gasteiger partial charge < -0.3 is 0 Å². The average Bonchev–Trinajstić information content (AvgIpc) is 2.41. The lowest BCUT2D eigenvalue weighted by molar-refractivity contribution is 0.621. The first kappa shape index (κ1) is 13.4. The van der Waals surface area contributed by atoms with Crippen molar-refractivity contribution >= 4 is 27.5 Å². The van der Waals surface area contributed by atoms with Gasteiger partial charge in [-0.15, -0.1) is 11.6 Å². The molecule has 1 aromatic heterocycles. The van der Waals surface area contributed by atoms with E-state index in [1.807, 2.05) is 6.92 Å². The largest absolute Gasteiger partial charge is 0.236 e. The van der Waals surface area contributed by atoms with Gasteiger partial charge in [-0.05, 0) is 40.5 Å². The number of benzene rings is 1. The number of aryl methyl sites for hydroxylation is 1. The summed E-state index contributed by atoms with van der Waals surface area (Å²) in [5, 5.41) is 0. The van der Waals surface area contributed by atoms with E-state index in [9.17, 15) is 4.39 Å². The summed E-state index contributed by atoms with van der Waals surface area (Å²) in [5.74, 6) is 0.685. The molecule has 0 bridgehead atoms. The summed E-state index contributed by atoms with van der Waals surface area (Å²) in [4.78, 5) is 8.72. The third-order valence-corrected chi connectivity index (χ3v) is 3.51. The minimum Gasteiger partial charge on any atom is -0.236 e. The van der Waals surface area contributed by atoms with E-state index in [0.717, 1.165) is 23.2 Å². The van der Waals surface area contributed by atoms with Gasteiger partial charge in [0.1, 0.15) is 5.82 Å². The fourth-order valence-corrected chi connectivity index (χ4v) is 2.24. The van der Waals surface area contributed by atoms with Gasteiger partial charge in [-0.2, -0.15) is 0 Å². The van der Waals surface area contributed by atoms with Crippen LogP contribution in [0.1, 0.15) is 18.2 Å². The molecular weight excluding hydrogens is 319 g/mol. The van der Waals surface area contributed by atoms with Crippen molar-refractivity contribution in [1.29, 1.82) is 0 Å². The highest BCUT2D eigenvalue weighted by Crippen LogP contribution is 2.23. The first-order valence-corrected chi connectivity index (χ1v) is 6.84. The zero-order valence-electron chi connectivity index (χ0n) is 9.75. The zero-order valence-corrected chi connectivity index (χ0v) is 12.1. The van der Waals surface area contributed by atoms with E-state index in [-0.39, 0.29) is 5.82 Å². The van der Waals surface area contributed by atoms with E-state index in [2.05, 4.69) is 25.9 Å². The van der Waals surface area contributed by atoms with Gasteiger partial charge >= 0.3 is 0 Å². The summed E-state index contributed by atoms with van der Waals surface area (Å²) in [5.41, 5.74) is 2.64. The highest BCUT2D eigenvalue weighted by molar-refractivity contribution is 9.10. The summed E-state index contributed by atoms with van der Waals surface area (Å²) in [6.45, 7) is 2.02. The lowest BCUT2D eigenvalue weighted by Gasteiger charge is -2.07. The van der Waals surface area contributed by atoms with Crippen molar-refractivity contribution in [1.82, 2.24) is 9.97 Å². The predicted octanol–water partition coefficient (Wildman–Crippen LogP) is 4.35. The maximum absolute atomic E-state index is 13.2. The Hall–Kier alpha value is -1.00. The number of halogens is 3. The molecule has 94 valence electrons. The summed E-state index contributed by atoms with van der Waals surface area (Å²) in [6.07, 6.45) is 2.52. The molecule has 1 aromatic carbocycles. The fraction of sp³-hybridized carbons (Fsp3) is 0.231.